The molecule has 0 saturated heterocycles. The fourth-order valence-corrected chi connectivity index (χ4v) is 1.65. The number of halogens is 2. The third kappa shape index (κ3) is 1.92. The normalized spacial score (nSPS) is 9.92. The lowest BCUT2D eigenvalue weighted by atomic mass is 10.2. The first-order valence-corrected chi connectivity index (χ1v) is 4.85. The zero-order valence-corrected chi connectivity index (χ0v) is 9.99. The maximum Gasteiger partial charge on any atom is 0.164 e. The highest BCUT2D eigenvalue weighted by atomic mass is 79.9. The van der Waals surface area contributed by atoms with Crippen molar-refractivity contribution in [2.24, 2.45) is 0 Å². The van der Waals surface area contributed by atoms with Crippen LogP contribution in [0, 0.1) is 6.92 Å². The van der Waals surface area contributed by atoms with E-state index in [0.717, 1.165) is 10.0 Å². The van der Waals surface area contributed by atoms with Gasteiger partial charge in [0.2, 0.25) is 0 Å². The summed E-state index contributed by atoms with van der Waals surface area (Å²) in [7, 11) is 3.19. The van der Waals surface area contributed by atoms with Gasteiger partial charge in [0.25, 0.3) is 0 Å². The van der Waals surface area contributed by atoms with Crippen molar-refractivity contribution in [3.8, 4) is 11.5 Å². The SMILES string of the molecule is COc1cc(Cl)c(Br)c(C)c1OC. The molecule has 1 aromatic rings. The van der Waals surface area contributed by atoms with Gasteiger partial charge in [0, 0.05) is 16.1 Å². The van der Waals surface area contributed by atoms with Gasteiger partial charge in [0.05, 0.1) is 19.2 Å². The molecule has 0 aliphatic heterocycles. The minimum absolute atomic E-state index is 0.621. The molecule has 13 heavy (non-hydrogen) atoms. The summed E-state index contributed by atoms with van der Waals surface area (Å²) in [6.07, 6.45) is 0. The average Bonchev–Trinajstić information content (AvgIpc) is 2.13. The fraction of sp³-hybridized carbons (Fsp3) is 0.333. The van der Waals surface area contributed by atoms with Gasteiger partial charge >= 0.3 is 0 Å². The predicted octanol–water partition coefficient (Wildman–Crippen LogP) is 3.43. The van der Waals surface area contributed by atoms with Gasteiger partial charge in [-0.3, -0.25) is 0 Å². The van der Waals surface area contributed by atoms with Crippen LogP contribution in [-0.4, -0.2) is 14.2 Å². The third-order valence-electron chi connectivity index (χ3n) is 1.79. The summed E-state index contributed by atoms with van der Waals surface area (Å²) >= 11 is 9.31. The molecule has 0 bridgehead atoms. The van der Waals surface area contributed by atoms with Crippen LogP contribution in [-0.2, 0) is 0 Å². The lowest BCUT2D eigenvalue weighted by Crippen LogP contribution is -1.94. The Bertz CT molecular complexity index is 326. The van der Waals surface area contributed by atoms with E-state index in [-0.39, 0.29) is 0 Å². The van der Waals surface area contributed by atoms with Gasteiger partial charge in [0.15, 0.2) is 11.5 Å². The molecule has 2 nitrogen and oxygen atoms in total. The molecule has 72 valence electrons. The number of methoxy groups -OCH3 is 2. The molecule has 0 radical (unpaired) electrons. The first-order chi connectivity index (χ1) is 6.11. The molecule has 0 spiro atoms. The molecule has 0 heterocycles. The zero-order valence-electron chi connectivity index (χ0n) is 7.65. The zero-order chi connectivity index (χ0) is 10.0. The van der Waals surface area contributed by atoms with Gasteiger partial charge < -0.3 is 9.47 Å². The smallest absolute Gasteiger partial charge is 0.164 e. The molecular formula is C9H10BrClO2. The molecule has 0 amide bonds. The van der Waals surface area contributed by atoms with Crippen LogP contribution in [0.25, 0.3) is 0 Å². The van der Waals surface area contributed by atoms with Crippen LogP contribution in [0.4, 0.5) is 0 Å². The quantitative estimate of drug-likeness (QED) is 0.816. The summed E-state index contributed by atoms with van der Waals surface area (Å²) in [5.74, 6) is 1.35. The molecule has 0 aliphatic carbocycles. The Morgan fingerprint density at radius 2 is 1.92 bits per heavy atom. The van der Waals surface area contributed by atoms with Gasteiger partial charge in [-0.25, -0.2) is 0 Å². The van der Waals surface area contributed by atoms with Gasteiger partial charge in [-0.1, -0.05) is 11.6 Å². The van der Waals surface area contributed by atoms with Gasteiger partial charge in [-0.2, -0.15) is 0 Å². The van der Waals surface area contributed by atoms with Crippen molar-refractivity contribution in [3.05, 3.63) is 21.1 Å². The van der Waals surface area contributed by atoms with E-state index in [0.29, 0.717) is 16.5 Å². The Kier molecular flexibility index (Phi) is 3.45. The highest BCUT2D eigenvalue weighted by molar-refractivity contribution is 9.10. The monoisotopic (exact) mass is 264 g/mol. The summed E-state index contributed by atoms with van der Waals surface area (Å²) in [5, 5.41) is 0.621. The van der Waals surface area contributed by atoms with Crippen LogP contribution >= 0.6 is 27.5 Å². The maximum absolute atomic E-state index is 5.94. The minimum atomic E-state index is 0.621. The van der Waals surface area contributed by atoms with E-state index >= 15 is 0 Å². The highest BCUT2D eigenvalue weighted by Crippen LogP contribution is 2.40. The number of rotatable bonds is 2. The molecular weight excluding hydrogens is 255 g/mol. The molecule has 0 N–H and O–H groups in total. The first-order valence-electron chi connectivity index (χ1n) is 3.68. The second-order valence-electron chi connectivity index (χ2n) is 2.53. The summed E-state index contributed by atoms with van der Waals surface area (Å²) < 4.78 is 11.2. The molecule has 1 rings (SSSR count). The Hall–Kier alpha value is -0.410. The van der Waals surface area contributed by atoms with Crippen molar-refractivity contribution >= 4 is 27.5 Å². The van der Waals surface area contributed by atoms with E-state index in [1.807, 2.05) is 6.92 Å². The Balaban J connectivity index is 3.39. The summed E-state index contributed by atoms with van der Waals surface area (Å²) in [6.45, 7) is 1.91. The average molecular weight is 266 g/mol. The van der Waals surface area contributed by atoms with Crippen molar-refractivity contribution < 1.29 is 9.47 Å². The molecule has 0 aliphatic rings. The van der Waals surface area contributed by atoms with E-state index in [9.17, 15) is 0 Å². The molecule has 0 atom stereocenters. The van der Waals surface area contributed by atoms with E-state index in [4.69, 9.17) is 21.1 Å². The molecule has 1 aromatic carbocycles. The number of benzene rings is 1. The molecule has 0 unspecified atom stereocenters. The predicted molar refractivity (Wildman–Crippen MR) is 57.0 cm³/mol. The maximum atomic E-state index is 5.94. The first kappa shape index (κ1) is 10.7. The Labute approximate surface area is 90.9 Å². The van der Waals surface area contributed by atoms with Gasteiger partial charge in [-0.05, 0) is 22.9 Å². The van der Waals surface area contributed by atoms with Crippen molar-refractivity contribution in [1.29, 1.82) is 0 Å². The molecule has 0 saturated carbocycles. The third-order valence-corrected chi connectivity index (χ3v) is 3.33. The second-order valence-corrected chi connectivity index (χ2v) is 3.73. The van der Waals surface area contributed by atoms with Crippen LogP contribution < -0.4 is 9.47 Å². The van der Waals surface area contributed by atoms with Crippen molar-refractivity contribution in [2.75, 3.05) is 14.2 Å². The van der Waals surface area contributed by atoms with Crippen LogP contribution in [0.15, 0.2) is 10.5 Å². The summed E-state index contributed by atoms with van der Waals surface area (Å²) in [4.78, 5) is 0. The van der Waals surface area contributed by atoms with Crippen LogP contribution in [0.2, 0.25) is 5.02 Å². The lowest BCUT2D eigenvalue weighted by Gasteiger charge is -2.12. The molecule has 0 aromatic heterocycles. The van der Waals surface area contributed by atoms with Crippen molar-refractivity contribution in [3.63, 3.8) is 0 Å². The highest BCUT2D eigenvalue weighted by Gasteiger charge is 2.13. The fourth-order valence-electron chi connectivity index (χ4n) is 1.11. The lowest BCUT2D eigenvalue weighted by molar-refractivity contribution is 0.352. The van der Waals surface area contributed by atoms with Crippen LogP contribution in [0.1, 0.15) is 5.56 Å². The van der Waals surface area contributed by atoms with E-state index in [2.05, 4.69) is 15.9 Å². The largest absolute Gasteiger partial charge is 0.493 e. The van der Waals surface area contributed by atoms with Crippen LogP contribution in [0.5, 0.6) is 11.5 Å². The van der Waals surface area contributed by atoms with E-state index < -0.39 is 0 Å². The minimum Gasteiger partial charge on any atom is -0.493 e. The molecule has 0 fully saturated rings. The van der Waals surface area contributed by atoms with Gasteiger partial charge in [-0.15, -0.1) is 0 Å². The van der Waals surface area contributed by atoms with Crippen molar-refractivity contribution in [1.82, 2.24) is 0 Å². The second kappa shape index (κ2) is 4.20. The number of hydrogen-bond donors (Lipinski definition) is 0. The number of hydrogen-bond acceptors (Lipinski definition) is 2. The van der Waals surface area contributed by atoms with Crippen molar-refractivity contribution in [2.45, 2.75) is 6.92 Å². The summed E-state index contributed by atoms with van der Waals surface area (Å²) in [5.41, 5.74) is 0.937. The van der Waals surface area contributed by atoms with Gasteiger partial charge in [0.1, 0.15) is 0 Å². The van der Waals surface area contributed by atoms with E-state index in [1.54, 1.807) is 20.3 Å². The topological polar surface area (TPSA) is 18.5 Å². The van der Waals surface area contributed by atoms with E-state index in [1.165, 1.54) is 0 Å². The Morgan fingerprint density at radius 1 is 1.31 bits per heavy atom. The number of ether oxygens (including phenoxy) is 2. The summed E-state index contributed by atoms with van der Waals surface area (Å²) in [6, 6.07) is 1.72. The standard InChI is InChI=1S/C9H10BrClO2/c1-5-8(10)6(11)4-7(12-2)9(5)13-3/h4H,1-3H3. The Morgan fingerprint density at radius 3 is 2.38 bits per heavy atom. The van der Waals surface area contributed by atoms with Crippen LogP contribution in [0.3, 0.4) is 0 Å². The molecule has 4 heteroatoms.